The van der Waals surface area contributed by atoms with Crippen molar-refractivity contribution in [2.24, 2.45) is 4.99 Å². The standard InChI is InChI=1S/C9H6N2O/c10-6-7-1-2-9-8(5-7)11-3-4-12-9/h1-3,5H,4H2. The minimum absolute atomic E-state index is 0.513. The van der Waals surface area contributed by atoms with E-state index >= 15 is 0 Å². The Balaban J connectivity index is 2.53. The highest BCUT2D eigenvalue weighted by Crippen LogP contribution is 2.29. The number of nitriles is 1. The SMILES string of the molecule is N#Cc1ccc2c(c1)N=CCO2. The molecule has 0 aliphatic carbocycles. The molecule has 0 saturated carbocycles. The number of fused-ring (bicyclic) bond motifs is 1. The third kappa shape index (κ3) is 1.04. The van der Waals surface area contributed by atoms with Crippen LogP contribution < -0.4 is 4.74 Å². The highest BCUT2D eigenvalue weighted by molar-refractivity contribution is 5.71. The van der Waals surface area contributed by atoms with Crippen LogP contribution in [0.4, 0.5) is 5.69 Å². The Bertz CT molecular complexity index is 377. The number of ether oxygens (including phenoxy) is 1. The van der Waals surface area contributed by atoms with Crippen molar-refractivity contribution in [1.82, 2.24) is 0 Å². The molecule has 0 atom stereocenters. The zero-order valence-corrected chi connectivity index (χ0v) is 6.32. The summed E-state index contributed by atoms with van der Waals surface area (Å²) in [5.41, 5.74) is 1.34. The van der Waals surface area contributed by atoms with E-state index in [2.05, 4.69) is 4.99 Å². The quantitative estimate of drug-likeness (QED) is 0.576. The molecule has 1 heterocycles. The molecule has 0 saturated heterocycles. The van der Waals surface area contributed by atoms with Crippen LogP contribution in [-0.2, 0) is 0 Å². The summed E-state index contributed by atoms with van der Waals surface area (Å²) in [6.07, 6.45) is 1.68. The van der Waals surface area contributed by atoms with E-state index in [0.717, 1.165) is 11.4 Å². The fraction of sp³-hybridized carbons (Fsp3) is 0.111. The Morgan fingerprint density at radius 3 is 3.25 bits per heavy atom. The Hall–Kier alpha value is -1.82. The van der Waals surface area contributed by atoms with Gasteiger partial charge in [-0.15, -0.1) is 0 Å². The fourth-order valence-corrected chi connectivity index (χ4v) is 1.07. The van der Waals surface area contributed by atoms with Crippen LogP contribution >= 0.6 is 0 Å². The van der Waals surface area contributed by atoms with Crippen LogP contribution in [0, 0.1) is 11.3 Å². The molecule has 0 aromatic heterocycles. The molecule has 1 aromatic rings. The van der Waals surface area contributed by atoms with Crippen molar-refractivity contribution in [2.75, 3.05) is 6.61 Å². The third-order valence-electron chi connectivity index (χ3n) is 1.63. The Labute approximate surface area is 69.9 Å². The van der Waals surface area contributed by atoms with Gasteiger partial charge in [0.25, 0.3) is 0 Å². The highest BCUT2D eigenvalue weighted by Gasteiger charge is 2.06. The van der Waals surface area contributed by atoms with Crippen LogP contribution in [0.25, 0.3) is 0 Å². The van der Waals surface area contributed by atoms with Gasteiger partial charge in [0.1, 0.15) is 18.0 Å². The molecule has 0 spiro atoms. The molecule has 0 amide bonds. The van der Waals surface area contributed by atoms with Gasteiger partial charge < -0.3 is 4.74 Å². The number of hydrogen-bond donors (Lipinski definition) is 0. The number of aliphatic imine (C=N–C) groups is 1. The van der Waals surface area contributed by atoms with E-state index in [1.165, 1.54) is 0 Å². The second kappa shape index (κ2) is 2.67. The smallest absolute Gasteiger partial charge is 0.145 e. The van der Waals surface area contributed by atoms with E-state index in [0.29, 0.717) is 12.2 Å². The van der Waals surface area contributed by atoms with Crippen molar-refractivity contribution in [3.63, 3.8) is 0 Å². The highest BCUT2D eigenvalue weighted by atomic mass is 16.5. The molecule has 58 valence electrons. The first-order valence-electron chi connectivity index (χ1n) is 3.59. The zero-order valence-electron chi connectivity index (χ0n) is 6.32. The van der Waals surface area contributed by atoms with Gasteiger partial charge in [-0.2, -0.15) is 5.26 Å². The van der Waals surface area contributed by atoms with Gasteiger partial charge in [0, 0.05) is 6.21 Å². The molecular weight excluding hydrogens is 152 g/mol. The average Bonchev–Trinajstić information content (AvgIpc) is 2.17. The van der Waals surface area contributed by atoms with E-state index in [9.17, 15) is 0 Å². The Morgan fingerprint density at radius 2 is 2.42 bits per heavy atom. The maximum atomic E-state index is 8.60. The second-order valence-electron chi connectivity index (χ2n) is 2.42. The molecule has 2 rings (SSSR count). The summed E-state index contributed by atoms with van der Waals surface area (Å²) in [6.45, 7) is 0.513. The first-order chi connectivity index (χ1) is 5.90. The predicted octanol–water partition coefficient (Wildman–Crippen LogP) is 1.65. The monoisotopic (exact) mass is 158 g/mol. The number of nitrogens with zero attached hydrogens (tertiary/aromatic N) is 2. The van der Waals surface area contributed by atoms with E-state index in [1.54, 1.807) is 24.4 Å². The van der Waals surface area contributed by atoms with E-state index in [1.807, 2.05) is 6.07 Å². The van der Waals surface area contributed by atoms with Gasteiger partial charge in [-0.1, -0.05) is 0 Å². The largest absolute Gasteiger partial charge is 0.486 e. The van der Waals surface area contributed by atoms with Gasteiger partial charge in [-0.3, -0.25) is 4.99 Å². The molecule has 0 fully saturated rings. The second-order valence-corrected chi connectivity index (χ2v) is 2.42. The summed E-state index contributed by atoms with van der Waals surface area (Å²) < 4.78 is 5.26. The summed E-state index contributed by atoms with van der Waals surface area (Å²) in [4.78, 5) is 4.10. The number of benzene rings is 1. The summed E-state index contributed by atoms with van der Waals surface area (Å²) in [6, 6.07) is 7.25. The lowest BCUT2D eigenvalue weighted by Crippen LogP contribution is -2.02. The van der Waals surface area contributed by atoms with E-state index in [4.69, 9.17) is 10.00 Å². The molecular formula is C9H6N2O. The minimum Gasteiger partial charge on any atom is -0.486 e. The van der Waals surface area contributed by atoms with Crippen LogP contribution in [0.5, 0.6) is 5.75 Å². The average molecular weight is 158 g/mol. The van der Waals surface area contributed by atoms with Gasteiger partial charge in [0.2, 0.25) is 0 Å². The lowest BCUT2D eigenvalue weighted by Gasteiger charge is -2.10. The van der Waals surface area contributed by atoms with Gasteiger partial charge in [0.05, 0.1) is 11.6 Å². The first kappa shape index (κ1) is 6.86. The maximum Gasteiger partial charge on any atom is 0.145 e. The number of rotatable bonds is 0. The van der Waals surface area contributed by atoms with Crippen molar-refractivity contribution in [2.45, 2.75) is 0 Å². The summed E-state index contributed by atoms with van der Waals surface area (Å²) in [5, 5.41) is 8.60. The fourth-order valence-electron chi connectivity index (χ4n) is 1.07. The lowest BCUT2D eigenvalue weighted by atomic mass is 10.2. The van der Waals surface area contributed by atoms with Gasteiger partial charge in [-0.25, -0.2) is 0 Å². The van der Waals surface area contributed by atoms with Crippen LogP contribution in [0.1, 0.15) is 5.56 Å². The Kier molecular flexibility index (Phi) is 1.52. The third-order valence-corrected chi connectivity index (χ3v) is 1.63. The summed E-state index contributed by atoms with van der Waals surface area (Å²) >= 11 is 0. The molecule has 0 radical (unpaired) electrons. The maximum absolute atomic E-state index is 8.60. The van der Waals surface area contributed by atoms with E-state index in [-0.39, 0.29) is 0 Å². The van der Waals surface area contributed by atoms with Crippen molar-refractivity contribution in [3.8, 4) is 11.8 Å². The topological polar surface area (TPSA) is 45.4 Å². The van der Waals surface area contributed by atoms with Crippen LogP contribution in [0.2, 0.25) is 0 Å². The van der Waals surface area contributed by atoms with Gasteiger partial charge in [-0.05, 0) is 18.2 Å². The van der Waals surface area contributed by atoms with Gasteiger partial charge in [0.15, 0.2) is 0 Å². The molecule has 0 bridgehead atoms. The van der Waals surface area contributed by atoms with Crippen LogP contribution in [0.3, 0.4) is 0 Å². The molecule has 12 heavy (non-hydrogen) atoms. The van der Waals surface area contributed by atoms with Crippen molar-refractivity contribution < 1.29 is 4.74 Å². The Morgan fingerprint density at radius 1 is 1.50 bits per heavy atom. The molecule has 1 aromatic carbocycles. The van der Waals surface area contributed by atoms with E-state index < -0.39 is 0 Å². The van der Waals surface area contributed by atoms with Gasteiger partial charge >= 0.3 is 0 Å². The molecule has 1 aliphatic heterocycles. The minimum atomic E-state index is 0.513. The van der Waals surface area contributed by atoms with Crippen LogP contribution in [0.15, 0.2) is 23.2 Å². The first-order valence-corrected chi connectivity index (χ1v) is 3.59. The van der Waals surface area contributed by atoms with Crippen molar-refractivity contribution >= 4 is 11.9 Å². The lowest BCUT2D eigenvalue weighted by molar-refractivity contribution is 0.377. The van der Waals surface area contributed by atoms with Crippen LogP contribution in [-0.4, -0.2) is 12.8 Å². The zero-order chi connectivity index (χ0) is 8.39. The molecule has 0 unspecified atom stereocenters. The van der Waals surface area contributed by atoms with Crippen molar-refractivity contribution in [3.05, 3.63) is 23.8 Å². The molecule has 0 N–H and O–H groups in total. The molecule has 3 nitrogen and oxygen atoms in total. The molecule has 3 heteroatoms. The number of hydrogen-bond acceptors (Lipinski definition) is 3. The predicted molar refractivity (Wildman–Crippen MR) is 44.8 cm³/mol. The molecule has 1 aliphatic rings. The van der Waals surface area contributed by atoms with Crippen molar-refractivity contribution in [1.29, 1.82) is 5.26 Å². The summed E-state index contributed by atoms with van der Waals surface area (Å²) in [5.74, 6) is 0.747. The summed E-state index contributed by atoms with van der Waals surface area (Å²) in [7, 11) is 0. The normalized spacial score (nSPS) is 12.9.